The predicted octanol–water partition coefficient (Wildman–Crippen LogP) is 5.20. The summed E-state index contributed by atoms with van der Waals surface area (Å²) in [7, 11) is 0. The topological polar surface area (TPSA) is 94.0 Å². The molecule has 0 atom stereocenters. The molecule has 0 saturated heterocycles. The van der Waals surface area contributed by atoms with E-state index in [1.54, 1.807) is 18.0 Å². The molecule has 186 valence electrons. The van der Waals surface area contributed by atoms with Gasteiger partial charge in [-0.2, -0.15) is 5.10 Å². The Balaban J connectivity index is 1.34. The molecule has 0 radical (unpaired) electrons. The molecule has 8 nitrogen and oxygen atoms in total. The van der Waals surface area contributed by atoms with Gasteiger partial charge in [0.2, 0.25) is 5.91 Å². The molecule has 0 spiro atoms. The largest absolute Gasteiger partial charge is 0.457 e. The van der Waals surface area contributed by atoms with Crippen LogP contribution in [0.3, 0.4) is 0 Å². The van der Waals surface area contributed by atoms with Crippen molar-refractivity contribution in [3.63, 3.8) is 0 Å². The summed E-state index contributed by atoms with van der Waals surface area (Å²) < 4.78 is 7.87. The van der Waals surface area contributed by atoms with E-state index in [-0.39, 0.29) is 5.91 Å². The summed E-state index contributed by atoms with van der Waals surface area (Å²) in [6.07, 6.45) is 3.85. The number of para-hydroxylation sites is 2. The quantitative estimate of drug-likeness (QED) is 0.227. The van der Waals surface area contributed by atoms with E-state index in [9.17, 15) is 4.79 Å². The number of amides is 1. The number of carbonyl (C=O) groups excluding carboxylic acids is 1. The molecule has 1 aliphatic rings. The number of anilines is 1. The molecule has 0 unspecified atom stereocenters. The van der Waals surface area contributed by atoms with Crippen molar-refractivity contribution in [2.24, 2.45) is 0 Å². The van der Waals surface area contributed by atoms with Crippen LogP contribution in [0.2, 0.25) is 0 Å². The van der Waals surface area contributed by atoms with Gasteiger partial charge in [0.15, 0.2) is 10.8 Å². The minimum atomic E-state index is -0.426. The van der Waals surface area contributed by atoms with Crippen molar-refractivity contribution >= 4 is 34.5 Å². The normalized spacial score (nSPS) is 12.6. The number of nitrogens with zero attached hydrogens (tertiary/aromatic N) is 4. The minimum Gasteiger partial charge on any atom is -0.457 e. The van der Waals surface area contributed by atoms with Crippen LogP contribution in [0.15, 0.2) is 59.9 Å². The maximum atomic E-state index is 13.4. The van der Waals surface area contributed by atoms with Crippen LogP contribution in [-0.4, -0.2) is 44.5 Å². The molecule has 2 aromatic heterocycles. The summed E-state index contributed by atoms with van der Waals surface area (Å²) in [5, 5.41) is 12.7. The van der Waals surface area contributed by atoms with E-state index in [4.69, 9.17) is 14.7 Å². The maximum Gasteiger partial charge on any atom is 0.232 e. The van der Waals surface area contributed by atoms with Gasteiger partial charge in [-0.1, -0.05) is 62.0 Å². The van der Waals surface area contributed by atoms with Crippen LogP contribution in [0.1, 0.15) is 43.7 Å². The van der Waals surface area contributed by atoms with Gasteiger partial charge in [0, 0.05) is 30.0 Å². The van der Waals surface area contributed by atoms with Gasteiger partial charge in [0.05, 0.1) is 24.0 Å². The van der Waals surface area contributed by atoms with Gasteiger partial charge in [-0.05, 0) is 25.0 Å². The fourth-order valence-corrected chi connectivity index (χ4v) is 5.01. The standard InChI is InChI=1S/C27H30N6O2S/c1-3-13-28-24-20-17-30-33(25(20)32-27(31-24)36-16-4-2)15-14-29-26(34)23-18-9-5-7-11-21(18)35-22-12-8-6-10-19(22)23/h5-12,17,23H,3-4,13-16H2,1-2H3,(H,29,34)(H,28,31,32). The van der Waals surface area contributed by atoms with Gasteiger partial charge in [0.25, 0.3) is 0 Å². The van der Waals surface area contributed by atoms with E-state index in [1.165, 1.54) is 0 Å². The molecule has 1 amide bonds. The lowest BCUT2D eigenvalue weighted by Gasteiger charge is -2.27. The molecule has 1 aliphatic heterocycles. The maximum absolute atomic E-state index is 13.4. The molecule has 9 heteroatoms. The Morgan fingerprint density at radius 2 is 1.72 bits per heavy atom. The summed E-state index contributed by atoms with van der Waals surface area (Å²) in [5.74, 6) is 2.71. The second-order valence-electron chi connectivity index (χ2n) is 8.64. The highest BCUT2D eigenvalue weighted by Crippen LogP contribution is 2.43. The zero-order valence-corrected chi connectivity index (χ0v) is 21.3. The Kier molecular flexibility index (Phi) is 7.36. The average Bonchev–Trinajstić information content (AvgIpc) is 3.32. The molecule has 0 saturated carbocycles. The third-order valence-electron chi connectivity index (χ3n) is 6.02. The van der Waals surface area contributed by atoms with Gasteiger partial charge < -0.3 is 15.4 Å². The molecule has 2 N–H and O–H groups in total. The lowest BCUT2D eigenvalue weighted by molar-refractivity contribution is -0.121. The molecular weight excluding hydrogens is 472 g/mol. The Hall–Kier alpha value is -3.59. The van der Waals surface area contributed by atoms with E-state index in [2.05, 4.69) is 29.6 Å². The molecule has 36 heavy (non-hydrogen) atoms. The van der Waals surface area contributed by atoms with Gasteiger partial charge >= 0.3 is 0 Å². The number of benzene rings is 2. The zero-order valence-electron chi connectivity index (χ0n) is 20.5. The first-order valence-electron chi connectivity index (χ1n) is 12.4. The number of fused-ring (bicyclic) bond motifs is 3. The van der Waals surface area contributed by atoms with Crippen molar-refractivity contribution in [3.05, 3.63) is 65.9 Å². The lowest BCUT2D eigenvalue weighted by Crippen LogP contribution is -2.33. The van der Waals surface area contributed by atoms with E-state index in [0.717, 1.165) is 69.8 Å². The molecule has 5 rings (SSSR count). The molecule has 2 aromatic carbocycles. The summed E-state index contributed by atoms with van der Waals surface area (Å²) in [4.78, 5) is 22.9. The van der Waals surface area contributed by atoms with Crippen LogP contribution in [0.4, 0.5) is 5.82 Å². The number of carbonyl (C=O) groups is 1. The fraction of sp³-hybridized carbons (Fsp3) is 0.333. The molecule has 3 heterocycles. The highest BCUT2D eigenvalue weighted by molar-refractivity contribution is 7.99. The van der Waals surface area contributed by atoms with E-state index >= 15 is 0 Å². The number of ether oxygens (including phenoxy) is 1. The molecular formula is C27H30N6O2S. The first-order valence-corrected chi connectivity index (χ1v) is 13.4. The Bertz CT molecular complexity index is 1330. The average molecular weight is 503 g/mol. The second kappa shape index (κ2) is 11.0. The van der Waals surface area contributed by atoms with Crippen LogP contribution in [0.25, 0.3) is 11.0 Å². The smallest absolute Gasteiger partial charge is 0.232 e. The highest BCUT2D eigenvalue weighted by atomic mass is 32.2. The molecule has 0 fully saturated rings. The Morgan fingerprint density at radius 1 is 1.00 bits per heavy atom. The van der Waals surface area contributed by atoms with Gasteiger partial charge in [-0.25, -0.2) is 14.6 Å². The van der Waals surface area contributed by atoms with E-state index in [0.29, 0.717) is 13.1 Å². The van der Waals surface area contributed by atoms with Gasteiger partial charge in [-0.15, -0.1) is 0 Å². The monoisotopic (exact) mass is 502 g/mol. The first-order chi connectivity index (χ1) is 17.7. The Labute approximate surface area is 214 Å². The van der Waals surface area contributed by atoms with Crippen LogP contribution < -0.4 is 15.4 Å². The van der Waals surface area contributed by atoms with Crippen LogP contribution in [-0.2, 0) is 11.3 Å². The third kappa shape index (κ3) is 4.88. The number of nitrogens with one attached hydrogen (secondary N) is 2. The van der Waals surface area contributed by atoms with Gasteiger partial charge in [-0.3, -0.25) is 4.79 Å². The van der Waals surface area contributed by atoms with Crippen molar-refractivity contribution in [1.29, 1.82) is 0 Å². The van der Waals surface area contributed by atoms with E-state index < -0.39 is 5.92 Å². The molecule has 4 aromatic rings. The van der Waals surface area contributed by atoms with Crippen molar-refractivity contribution in [2.45, 2.75) is 44.3 Å². The SMILES string of the molecule is CCCNc1nc(SCCC)nc2c1cnn2CCNC(=O)C1c2ccccc2Oc2ccccc21. The lowest BCUT2D eigenvalue weighted by atomic mass is 9.87. The summed E-state index contributed by atoms with van der Waals surface area (Å²) in [6.45, 7) is 6.03. The van der Waals surface area contributed by atoms with Crippen molar-refractivity contribution in [2.75, 3.05) is 24.2 Å². The first kappa shape index (κ1) is 24.1. The Morgan fingerprint density at radius 3 is 2.42 bits per heavy atom. The fourth-order valence-electron chi connectivity index (χ4n) is 4.31. The number of aromatic nitrogens is 4. The van der Waals surface area contributed by atoms with Crippen LogP contribution in [0, 0.1) is 0 Å². The third-order valence-corrected chi connectivity index (χ3v) is 7.07. The number of rotatable bonds is 10. The number of thioether (sulfide) groups is 1. The van der Waals surface area contributed by atoms with Crippen LogP contribution in [0.5, 0.6) is 11.5 Å². The van der Waals surface area contributed by atoms with Crippen molar-refractivity contribution in [1.82, 2.24) is 25.1 Å². The predicted molar refractivity (Wildman–Crippen MR) is 143 cm³/mol. The molecule has 0 bridgehead atoms. The summed E-state index contributed by atoms with van der Waals surface area (Å²) in [6, 6.07) is 15.4. The van der Waals surface area contributed by atoms with Crippen LogP contribution >= 0.6 is 11.8 Å². The van der Waals surface area contributed by atoms with Gasteiger partial charge in [0.1, 0.15) is 17.3 Å². The minimum absolute atomic E-state index is 0.0613. The number of hydrogen-bond acceptors (Lipinski definition) is 7. The van der Waals surface area contributed by atoms with Crippen molar-refractivity contribution in [3.8, 4) is 11.5 Å². The zero-order chi connectivity index (χ0) is 24.9. The van der Waals surface area contributed by atoms with E-state index in [1.807, 2.05) is 53.2 Å². The highest BCUT2D eigenvalue weighted by Gasteiger charge is 2.32. The summed E-state index contributed by atoms with van der Waals surface area (Å²) in [5.41, 5.74) is 2.52. The summed E-state index contributed by atoms with van der Waals surface area (Å²) >= 11 is 1.64. The van der Waals surface area contributed by atoms with Crippen molar-refractivity contribution < 1.29 is 9.53 Å². The second-order valence-corrected chi connectivity index (χ2v) is 9.70. The number of hydrogen-bond donors (Lipinski definition) is 2. The molecule has 0 aliphatic carbocycles.